The largest absolute Gasteiger partial charge is 0.329 e. The summed E-state index contributed by atoms with van der Waals surface area (Å²) in [6.45, 7) is 2.11. The summed E-state index contributed by atoms with van der Waals surface area (Å²) in [4.78, 5) is 0. The normalized spacial score (nSPS) is 13.9. The Morgan fingerprint density at radius 3 is 2.35 bits per heavy atom. The molecular weight excluding hydrogens is 304 g/mol. The highest BCUT2D eigenvalue weighted by molar-refractivity contribution is 9.10. The lowest BCUT2D eigenvalue weighted by Gasteiger charge is -2.21. The molecule has 0 aliphatic rings. The summed E-state index contributed by atoms with van der Waals surface area (Å²) in [6.07, 6.45) is 0. The molecule has 2 N–H and O–H groups in total. The number of rotatable bonds is 5. The van der Waals surface area contributed by atoms with E-state index in [-0.39, 0.29) is 6.54 Å². The van der Waals surface area contributed by atoms with E-state index in [0.717, 1.165) is 10.0 Å². The van der Waals surface area contributed by atoms with E-state index in [0.29, 0.717) is 6.54 Å². The molecule has 0 aliphatic heterocycles. The predicted octanol–water partition coefficient (Wildman–Crippen LogP) is 1.56. The van der Waals surface area contributed by atoms with Gasteiger partial charge in [0, 0.05) is 24.6 Å². The topological polar surface area (TPSA) is 63.4 Å². The number of nitrogens with zero attached hydrogens (tertiary/aromatic N) is 1. The minimum absolute atomic E-state index is 0.132. The fourth-order valence-corrected chi connectivity index (χ4v) is 2.82. The Labute approximate surface area is 111 Å². The first kappa shape index (κ1) is 14.6. The van der Waals surface area contributed by atoms with Gasteiger partial charge in [-0.25, -0.2) is 12.7 Å². The molecular formula is C11H17BrN2O2S. The van der Waals surface area contributed by atoms with Crippen molar-refractivity contribution in [1.82, 2.24) is 4.31 Å². The van der Waals surface area contributed by atoms with E-state index >= 15 is 0 Å². The number of sulfonamides is 1. The molecule has 6 heteroatoms. The molecule has 1 unspecified atom stereocenters. The van der Waals surface area contributed by atoms with Gasteiger partial charge in [0.25, 0.3) is 0 Å². The molecule has 1 aromatic carbocycles. The Hall–Kier alpha value is -0.430. The Morgan fingerprint density at radius 2 is 1.88 bits per heavy atom. The average molecular weight is 321 g/mol. The lowest BCUT2D eigenvalue weighted by Crippen LogP contribution is -2.38. The molecule has 0 amide bonds. The molecule has 0 heterocycles. The molecule has 4 nitrogen and oxygen atoms in total. The first-order valence-corrected chi connectivity index (χ1v) is 7.57. The Morgan fingerprint density at radius 1 is 1.35 bits per heavy atom. The van der Waals surface area contributed by atoms with Gasteiger partial charge >= 0.3 is 0 Å². The first-order chi connectivity index (χ1) is 7.87. The third kappa shape index (κ3) is 3.77. The second-order valence-corrected chi connectivity index (χ2v) is 7.35. The lowest BCUT2D eigenvalue weighted by molar-refractivity contribution is 0.457. The standard InChI is InChI=1S/C11H17BrN2O2S/c1-9(7-13)17(15,16)14(2)8-10-3-5-11(12)6-4-10/h3-6,9H,7-8,13H2,1-2H3. The minimum atomic E-state index is -3.30. The van der Waals surface area contributed by atoms with Gasteiger partial charge in [0.15, 0.2) is 0 Å². The Balaban J connectivity index is 2.79. The lowest BCUT2D eigenvalue weighted by atomic mass is 10.2. The van der Waals surface area contributed by atoms with Crippen molar-refractivity contribution in [3.05, 3.63) is 34.3 Å². The second-order valence-electron chi connectivity index (χ2n) is 3.97. The van der Waals surface area contributed by atoms with E-state index in [1.807, 2.05) is 24.3 Å². The van der Waals surface area contributed by atoms with Gasteiger partial charge in [0.2, 0.25) is 10.0 Å². The molecule has 0 saturated heterocycles. The van der Waals surface area contributed by atoms with Crippen LogP contribution in [-0.4, -0.2) is 31.6 Å². The maximum atomic E-state index is 12.0. The van der Waals surface area contributed by atoms with Crippen LogP contribution in [0, 0.1) is 0 Å². The Bertz CT molecular complexity index is 459. The number of halogens is 1. The van der Waals surface area contributed by atoms with Crippen LogP contribution in [0.1, 0.15) is 12.5 Å². The van der Waals surface area contributed by atoms with Gasteiger partial charge in [-0.1, -0.05) is 28.1 Å². The van der Waals surface area contributed by atoms with Gasteiger partial charge < -0.3 is 5.73 Å². The average Bonchev–Trinajstić information content (AvgIpc) is 2.30. The fraction of sp³-hybridized carbons (Fsp3) is 0.455. The van der Waals surface area contributed by atoms with Gasteiger partial charge in [-0.05, 0) is 24.6 Å². The third-order valence-electron chi connectivity index (χ3n) is 2.59. The zero-order valence-electron chi connectivity index (χ0n) is 9.93. The summed E-state index contributed by atoms with van der Waals surface area (Å²) in [5, 5.41) is -0.553. The van der Waals surface area contributed by atoms with Crippen molar-refractivity contribution < 1.29 is 8.42 Å². The highest BCUT2D eigenvalue weighted by Crippen LogP contribution is 2.14. The van der Waals surface area contributed by atoms with Gasteiger partial charge in [-0.3, -0.25) is 0 Å². The van der Waals surface area contributed by atoms with Crippen LogP contribution in [0.5, 0.6) is 0 Å². The van der Waals surface area contributed by atoms with E-state index in [2.05, 4.69) is 15.9 Å². The quantitative estimate of drug-likeness (QED) is 0.895. The van der Waals surface area contributed by atoms with E-state index in [9.17, 15) is 8.42 Å². The fourth-order valence-electron chi connectivity index (χ4n) is 1.37. The van der Waals surface area contributed by atoms with Crippen molar-refractivity contribution in [2.24, 2.45) is 5.73 Å². The van der Waals surface area contributed by atoms with E-state index < -0.39 is 15.3 Å². The maximum Gasteiger partial charge on any atom is 0.218 e. The van der Waals surface area contributed by atoms with Gasteiger partial charge in [-0.15, -0.1) is 0 Å². The SMILES string of the molecule is CC(CN)S(=O)(=O)N(C)Cc1ccc(Br)cc1. The zero-order chi connectivity index (χ0) is 13.1. The van der Waals surface area contributed by atoms with Gasteiger partial charge in [0.1, 0.15) is 0 Å². The first-order valence-electron chi connectivity index (χ1n) is 5.27. The van der Waals surface area contributed by atoms with Crippen molar-refractivity contribution >= 4 is 26.0 Å². The molecule has 0 spiro atoms. The molecule has 0 aliphatic carbocycles. The molecule has 0 aromatic heterocycles. The predicted molar refractivity (Wildman–Crippen MR) is 73.0 cm³/mol. The van der Waals surface area contributed by atoms with Crippen molar-refractivity contribution in [1.29, 1.82) is 0 Å². The van der Waals surface area contributed by atoms with Gasteiger partial charge in [0.05, 0.1) is 5.25 Å². The van der Waals surface area contributed by atoms with Crippen LogP contribution in [0.4, 0.5) is 0 Å². The highest BCUT2D eigenvalue weighted by atomic mass is 79.9. The smallest absolute Gasteiger partial charge is 0.218 e. The summed E-state index contributed by atoms with van der Waals surface area (Å²) < 4.78 is 26.3. The monoisotopic (exact) mass is 320 g/mol. The number of benzene rings is 1. The summed E-state index contributed by atoms with van der Waals surface area (Å²) in [5.74, 6) is 0. The van der Waals surface area contributed by atoms with Crippen LogP contribution < -0.4 is 5.73 Å². The highest BCUT2D eigenvalue weighted by Gasteiger charge is 2.24. The molecule has 0 radical (unpaired) electrons. The van der Waals surface area contributed by atoms with Gasteiger partial charge in [-0.2, -0.15) is 0 Å². The summed E-state index contributed by atoms with van der Waals surface area (Å²) in [6, 6.07) is 7.57. The molecule has 0 saturated carbocycles. The summed E-state index contributed by atoms with van der Waals surface area (Å²) in [5.41, 5.74) is 6.34. The molecule has 1 atom stereocenters. The van der Waals surface area contributed by atoms with E-state index in [4.69, 9.17) is 5.73 Å². The van der Waals surface area contributed by atoms with Crippen molar-refractivity contribution in [3.8, 4) is 0 Å². The Kier molecular flexibility index (Phi) is 5.12. The van der Waals surface area contributed by atoms with Crippen molar-refractivity contribution in [3.63, 3.8) is 0 Å². The van der Waals surface area contributed by atoms with E-state index in [1.54, 1.807) is 14.0 Å². The molecule has 17 heavy (non-hydrogen) atoms. The number of hydrogen-bond acceptors (Lipinski definition) is 3. The van der Waals surface area contributed by atoms with Crippen LogP contribution >= 0.6 is 15.9 Å². The molecule has 0 fully saturated rings. The van der Waals surface area contributed by atoms with Crippen LogP contribution in [-0.2, 0) is 16.6 Å². The number of nitrogens with two attached hydrogens (primary N) is 1. The van der Waals surface area contributed by atoms with Crippen molar-refractivity contribution in [2.75, 3.05) is 13.6 Å². The molecule has 1 rings (SSSR count). The number of hydrogen-bond donors (Lipinski definition) is 1. The van der Waals surface area contributed by atoms with Crippen LogP contribution in [0.15, 0.2) is 28.7 Å². The zero-order valence-corrected chi connectivity index (χ0v) is 12.3. The van der Waals surface area contributed by atoms with Crippen LogP contribution in [0.25, 0.3) is 0 Å². The van der Waals surface area contributed by atoms with E-state index in [1.165, 1.54) is 4.31 Å². The minimum Gasteiger partial charge on any atom is -0.329 e. The molecule has 1 aromatic rings. The third-order valence-corrected chi connectivity index (χ3v) is 5.33. The van der Waals surface area contributed by atoms with Crippen LogP contribution in [0.3, 0.4) is 0 Å². The second kappa shape index (κ2) is 5.95. The molecule has 96 valence electrons. The maximum absolute atomic E-state index is 12.0. The van der Waals surface area contributed by atoms with Crippen LogP contribution in [0.2, 0.25) is 0 Å². The van der Waals surface area contributed by atoms with Crippen molar-refractivity contribution in [2.45, 2.75) is 18.7 Å². The molecule has 0 bridgehead atoms. The summed E-state index contributed by atoms with van der Waals surface area (Å²) >= 11 is 3.34. The summed E-state index contributed by atoms with van der Waals surface area (Å²) in [7, 11) is -1.73.